The number of ether oxygens (including phenoxy) is 3. The van der Waals surface area contributed by atoms with E-state index in [2.05, 4.69) is 10.6 Å². The van der Waals surface area contributed by atoms with Crippen LogP contribution >= 0.6 is 0 Å². The molecule has 2 N–H and O–H groups in total. The van der Waals surface area contributed by atoms with Crippen molar-refractivity contribution in [2.75, 3.05) is 25.6 Å². The number of carbonyl (C=O) groups excluding carboxylic acids is 2. The van der Waals surface area contributed by atoms with E-state index in [1.54, 1.807) is 31.4 Å². The Morgan fingerprint density at radius 2 is 1.92 bits per heavy atom. The summed E-state index contributed by atoms with van der Waals surface area (Å²) in [6.45, 7) is 0.705. The van der Waals surface area contributed by atoms with Gasteiger partial charge in [0.1, 0.15) is 11.9 Å². The van der Waals surface area contributed by atoms with Crippen molar-refractivity contribution >= 4 is 17.5 Å². The molecule has 1 aromatic rings. The van der Waals surface area contributed by atoms with E-state index in [4.69, 9.17) is 14.2 Å². The fraction of sp³-hybridized carbons (Fsp3) is 0.529. The Labute approximate surface area is 140 Å². The highest BCUT2D eigenvalue weighted by Crippen LogP contribution is 2.38. The summed E-state index contributed by atoms with van der Waals surface area (Å²) in [5.41, 5.74) is 0.529. The van der Waals surface area contributed by atoms with Crippen LogP contribution in [0.1, 0.15) is 25.7 Å². The molecule has 1 heterocycles. The van der Waals surface area contributed by atoms with Gasteiger partial charge in [0.2, 0.25) is 0 Å². The Hall–Kier alpha value is -2.12. The minimum absolute atomic E-state index is 0.208. The normalized spacial score (nSPS) is 21.6. The van der Waals surface area contributed by atoms with E-state index < -0.39 is 17.6 Å². The molecule has 130 valence electrons. The highest BCUT2D eigenvalue weighted by atomic mass is 16.7. The minimum Gasteiger partial charge on any atom is -0.497 e. The quantitative estimate of drug-likeness (QED) is 0.814. The molecule has 7 heteroatoms. The van der Waals surface area contributed by atoms with Gasteiger partial charge in [0, 0.05) is 25.1 Å². The van der Waals surface area contributed by atoms with Gasteiger partial charge in [-0.2, -0.15) is 0 Å². The Balaban J connectivity index is 1.43. The van der Waals surface area contributed by atoms with Crippen LogP contribution < -0.4 is 15.4 Å². The lowest BCUT2D eigenvalue weighted by atomic mass is 10.2. The molecule has 1 aliphatic carbocycles. The summed E-state index contributed by atoms with van der Waals surface area (Å²) in [4.78, 5) is 23.8. The van der Waals surface area contributed by atoms with Gasteiger partial charge in [0.25, 0.3) is 0 Å². The third-order valence-electron chi connectivity index (χ3n) is 4.32. The Kier molecular flexibility index (Phi) is 5.01. The van der Waals surface area contributed by atoms with E-state index in [0.717, 1.165) is 25.7 Å². The first-order chi connectivity index (χ1) is 11.6. The first-order valence-electron chi connectivity index (χ1n) is 8.15. The standard InChI is InChI=1S/C17H22N2O5/c1-22-13-6-4-12(5-7-13)19-16(21)15(20)18-10-14-11-23-17(24-14)8-2-3-9-17/h4-7,14H,2-3,8-11H2,1H3,(H,18,20)(H,19,21). The lowest BCUT2D eigenvalue weighted by Gasteiger charge is -2.21. The van der Waals surface area contributed by atoms with Gasteiger partial charge in [-0.15, -0.1) is 0 Å². The SMILES string of the molecule is COc1ccc(NC(=O)C(=O)NCC2COC3(CCCC3)O2)cc1. The average molecular weight is 334 g/mol. The molecule has 2 fully saturated rings. The molecule has 0 bridgehead atoms. The lowest BCUT2D eigenvalue weighted by molar-refractivity contribution is -0.161. The highest BCUT2D eigenvalue weighted by molar-refractivity contribution is 6.39. The van der Waals surface area contributed by atoms with Crippen molar-refractivity contribution in [3.05, 3.63) is 24.3 Å². The summed E-state index contributed by atoms with van der Waals surface area (Å²) in [5.74, 6) is -1.19. The molecule has 1 saturated heterocycles. The first-order valence-corrected chi connectivity index (χ1v) is 8.15. The van der Waals surface area contributed by atoms with Crippen LogP contribution in [0.4, 0.5) is 5.69 Å². The van der Waals surface area contributed by atoms with Gasteiger partial charge in [0.05, 0.1) is 13.7 Å². The number of hydrogen-bond acceptors (Lipinski definition) is 5. The van der Waals surface area contributed by atoms with Crippen molar-refractivity contribution in [1.29, 1.82) is 0 Å². The van der Waals surface area contributed by atoms with Crippen LogP contribution in [0.15, 0.2) is 24.3 Å². The molecular formula is C17H22N2O5. The predicted molar refractivity (Wildman–Crippen MR) is 86.7 cm³/mol. The van der Waals surface area contributed by atoms with Crippen LogP contribution in [0.25, 0.3) is 0 Å². The minimum atomic E-state index is -0.713. The summed E-state index contributed by atoms with van der Waals surface area (Å²) in [6.07, 6.45) is 3.79. The van der Waals surface area contributed by atoms with E-state index in [9.17, 15) is 9.59 Å². The number of rotatable bonds is 4. The zero-order valence-electron chi connectivity index (χ0n) is 13.7. The fourth-order valence-corrected chi connectivity index (χ4v) is 3.04. The summed E-state index contributed by atoms with van der Waals surface area (Å²) in [7, 11) is 1.56. The number of benzene rings is 1. The largest absolute Gasteiger partial charge is 0.497 e. The molecular weight excluding hydrogens is 312 g/mol. The van der Waals surface area contributed by atoms with Crippen molar-refractivity contribution < 1.29 is 23.8 Å². The van der Waals surface area contributed by atoms with Crippen molar-refractivity contribution in [2.24, 2.45) is 0 Å². The van der Waals surface area contributed by atoms with Crippen LogP contribution in [-0.2, 0) is 19.1 Å². The molecule has 1 saturated carbocycles. The zero-order valence-corrected chi connectivity index (χ0v) is 13.7. The van der Waals surface area contributed by atoms with E-state index in [-0.39, 0.29) is 12.6 Å². The van der Waals surface area contributed by atoms with Gasteiger partial charge in [0.15, 0.2) is 5.79 Å². The van der Waals surface area contributed by atoms with E-state index >= 15 is 0 Å². The molecule has 7 nitrogen and oxygen atoms in total. The predicted octanol–water partition coefficient (Wildman–Crippen LogP) is 1.44. The summed E-state index contributed by atoms with van der Waals surface area (Å²) < 4.78 is 16.7. The van der Waals surface area contributed by atoms with E-state index in [0.29, 0.717) is 18.0 Å². The molecule has 1 aromatic carbocycles. The summed E-state index contributed by atoms with van der Waals surface area (Å²) >= 11 is 0. The number of nitrogens with one attached hydrogen (secondary N) is 2. The molecule has 0 aromatic heterocycles. The molecule has 2 aliphatic rings. The second-order valence-electron chi connectivity index (χ2n) is 6.06. The zero-order chi connectivity index (χ0) is 17.0. The monoisotopic (exact) mass is 334 g/mol. The number of anilines is 1. The van der Waals surface area contributed by atoms with Crippen LogP contribution in [0.3, 0.4) is 0 Å². The number of amides is 2. The molecule has 1 unspecified atom stereocenters. The third kappa shape index (κ3) is 3.85. The van der Waals surface area contributed by atoms with Crippen molar-refractivity contribution in [1.82, 2.24) is 5.32 Å². The van der Waals surface area contributed by atoms with Gasteiger partial charge in [-0.25, -0.2) is 0 Å². The number of carbonyl (C=O) groups is 2. The van der Waals surface area contributed by atoms with Gasteiger partial charge in [-0.3, -0.25) is 9.59 Å². The van der Waals surface area contributed by atoms with Crippen LogP contribution in [0, 0.1) is 0 Å². The Morgan fingerprint density at radius 1 is 1.21 bits per heavy atom. The third-order valence-corrected chi connectivity index (χ3v) is 4.32. The van der Waals surface area contributed by atoms with E-state index in [1.807, 2.05) is 0 Å². The van der Waals surface area contributed by atoms with Crippen LogP contribution in [0.5, 0.6) is 5.75 Å². The maximum Gasteiger partial charge on any atom is 0.313 e. The van der Waals surface area contributed by atoms with Crippen molar-refractivity contribution in [3.8, 4) is 5.75 Å². The second kappa shape index (κ2) is 7.19. The Morgan fingerprint density at radius 3 is 2.58 bits per heavy atom. The van der Waals surface area contributed by atoms with Gasteiger partial charge in [-0.1, -0.05) is 0 Å². The van der Waals surface area contributed by atoms with E-state index in [1.165, 1.54) is 0 Å². The first kappa shape index (κ1) is 16.7. The van der Waals surface area contributed by atoms with Gasteiger partial charge >= 0.3 is 11.8 Å². The summed E-state index contributed by atoms with van der Waals surface area (Å²) in [6, 6.07) is 6.75. The molecule has 24 heavy (non-hydrogen) atoms. The molecule has 0 radical (unpaired) electrons. The Bertz CT molecular complexity index is 596. The lowest BCUT2D eigenvalue weighted by Crippen LogP contribution is -2.40. The number of hydrogen-bond donors (Lipinski definition) is 2. The van der Waals surface area contributed by atoms with Crippen LogP contribution in [0.2, 0.25) is 0 Å². The number of methoxy groups -OCH3 is 1. The van der Waals surface area contributed by atoms with Crippen molar-refractivity contribution in [2.45, 2.75) is 37.6 Å². The molecule has 1 spiro atoms. The highest BCUT2D eigenvalue weighted by Gasteiger charge is 2.43. The fourth-order valence-electron chi connectivity index (χ4n) is 3.04. The topological polar surface area (TPSA) is 85.9 Å². The average Bonchev–Trinajstić information content (AvgIpc) is 3.23. The van der Waals surface area contributed by atoms with Crippen molar-refractivity contribution in [3.63, 3.8) is 0 Å². The summed E-state index contributed by atoms with van der Waals surface area (Å²) in [5, 5.41) is 5.13. The van der Waals surface area contributed by atoms with Gasteiger partial charge < -0.3 is 24.8 Å². The molecule has 2 amide bonds. The molecule has 3 rings (SSSR count). The molecule has 1 aliphatic heterocycles. The maximum atomic E-state index is 11.9. The smallest absolute Gasteiger partial charge is 0.313 e. The molecule has 1 atom stereocenters. The van der Waals surface area contributed by atoms with Crippen LogP contribution in [-0.4, -0.2) is 44.0 Å². The van der Waals surface area contributed by atoms with Gasteiger partial charge in [-0.05, 0) is 37.1 Å². The second-order valence-corrected chi connectivity index (χ2v) is 6.06. The maximum absolute atomic E-state index is 11.9.